The Kier molecular flexibility index (Phi) is 5.69. The summed E-state index contributed by atoms with van der Waals surface area (Å²) in [5.41, 5.74) is 1.06. The van der Waals surface area contributed by atoms with E-state index in [1.807, 2.05) is 6.07 Å². The highest BCUT2D eigenvalue weighted by molar-refractivity contribution is 6.35. The van der Waals surface area contributed by atoms with Crippen molar-refractivity contribution < 1.29 is 9.53 Å². The molecule has 2 aromatic carbocycles. The Hall–Kier alpha value is -1.71. The molecule has 0 saturated carbocycles. The summed E-state index contributed by atoms with van der Waals surface area (Å²) < 4.78 is 5.62. The van der Waals surface area contributed by atoms with Crippen LogP contribution in [0.1, 0.15) is 24.2 Å². The maximum atomic E-state index is 12.3. The van der Waals surface area contributed by atoms with E-state index >= 15 is 0 Å². The van der Waals surface area contributed by atoms with Gasteiger partial charge in [0.2, 0.25) is 0 Å². The molecule has 5 heteroatoms. The largest absolute Gasteiger partial charge is 0.493 e. The molecule has 1 amide bonds. The Labute approximate surface area is 140 Å². The summed E-state index contributed by atoms with van der Waals surface area (Å²) in [5, 5.41) is 3.71. The van der Waals surface area contributed by atoms with Crippen molar-refractivity contribution in [1.29, 1.82) is 0 Å². The lowest BCUT2D eigenvalue weighted by molar-refractivity contribution is 0.102. The van der Waals surface area contributed by atoms with E-state index in [0.717, 1.165) is 0 Å². The van der Waals surface area contributed by atoms with E-state index in [9.17, 15) is 4.79 Å². The zero-order chi connectivity index (χ0) is 16.1. The molecule has 0 aliphatic rings. The first-order valence-electron chi connectivity index (χ1n) is 6.94. The lowest BCUT2D eigenvalue weighted by atomic mass is 10.2. The Morgan fingerprint density at radius 2 is 1.82 bits per heavy atom. The maximum absolute atomic E-state index is 12.3. The van der Waals surface area contributed by atoms with Gasteiger partial charge in [-0.3, -0.25) is 4.79 Å². The molecule has 1 N–H and O–H groups in total. The highest BCUT2D eigenvalue weighted by Crippen LogP contribution is 2.23. The van der Waals surface area contributed by atoms with Gasteiger partial charge in [-0.05, 0) is 42.3 Å². The second-order valence-electron chi connectivity index (χ2n) is 5.34. The standard InChI is InChI=1S/C17H17Cl2NO2/c1-11(2)10-22-16-5-3-4-12(6-16)17(21)20-15-8-13(18)7-14(19)9-15/h3-9,11H,10H2,1-2H3,(H,20,21). The lowest BCUT2D eigenvalue weighted by Crippen LogP contribution is -2.12. The third-order valence-corrected chi connectivity index (χ3v) is 3.24. The van der Waals surface area contributed by atoms with Crippen molar-refractivity contribution >= 4 is 34.8 Å². The first kappa shape index (κ1) is 16.7. The van der Waals surface area contributed by atoms with Gasteiger partial charge in [-0.25, -0.2) is 0 Å². The molecule has 0 saturated heterocycles. The number of carbonyl (C=O) groups is 1. The predicted octanol–water partition coefficient (Wildman–Crippen LogP) is 5.28. The van der Waals surface area contributed by atoms with Crippen LogP contribution in [0.5, 0.6) is 5.75 Å². The van der Waals surface area contributed by atoms with E-state index in [1.165, 1.54) is 0 Å². The third kappa shape index (κ3) is 4.93. The number of halogens is 2. The fraction of sp³-hybridized carbons (Fsp3) is 0.235. The number of hydrogen-bond acceptors (Lipinski definition) is 2. The van der Waals surface area contributed by atoms with Crippen LogP contribution in [0.2, 0.25) is 10.0 Å². The number of amides is 1. The Balaban J connectivity index is 2.10. The molecule has 0 unspecified atom stereocenters. The Bertz CT molecular complexity index is 651. The van der Waals surface area contributed by atoms with Crippen LogP contribution in [0.3, 0.4) is 0 Å². The van der Waals surface area contributed by atoms with E-state index < -0.39 is 0 Å². The molecular formula is C17H17Cl2NO2. The molecule has 2 rings (SSSR count). The summed E-state index contributed by atoms with van der Waals surface area (Å²) in [6.07, 6.45) is 0. The van der Waals surface area contributed by atoms with Crippen molar-refractivity contribution in [3.63, 3.8) is 0 Å². The zero-order valence-corrected chi connectivity index (χ0v) is 13.9. The van der Waals surface area contributed by atoms with Gasteiger partial charge in [0.25, 0.3) is 5.91 Å². The van der Waals surface area contributed by atoms with Crippen molar-refractivity contribution in [2.24, 2.45) is 5.92 Å². The molecule has 116 valence electrons. The smallest absolute Gasteiger partial charge is 0.255 e. The van der Waals surface area contributed by atoms with E-state index in [1.54, 1.807) is 36.4 Å². The van der Waals surface area contributed by atoms with E-state index in [2.05, 4.69) is 19.2 Å². The quantitative estimate of drug-likeness (QED) is 0.805. The first-order valence-corrected chi connectivity index (χ1v) is 7.70. The summed E-state index contributed by atoms with van der Waals surface area (Å²) in [5.74, 6) is 0.852. The van der Waals surface area contributed by atoms with Gasteiger partial charge in [-0.15, -0.1) is 0 Å². The predicted molar refractivity (Wildman–Crippen MR) is 91.2 cm³/mol. The van der Waals surface area contributed by atoms with Gasteiger partial charge in [0.05, 0.1) is 6.61 Å². The first-order chi connectivity index (χ1) is 10.4. The van der Waals surface area contributed by atoms with Gasteiger partial charge < -0.3 is 10.1 Å². The minimum atomic E-state index is -0.242. The van der Waals surface area contributed by atoms with E-state index in [0.29, 0.717) is 39.6 Å². The molecule has 0 radical (unpaired) electrons. The lowest BCUT2D eigenvalue weighted by Gasteiger charge is -2.10. The van der Waals surface area contributed by atoms with E-state index in [4.69, 9.17) is 27.9 Å². The van der Waals surface area contributed by atoms with Crippen molar-refractivity contribution in [2.75, 3.05) is 11.9 Å². The molecule has 0 aliphatic heterocycles. The number of hydrogen-bond donors (Lipinski definition) is 1. The molecule has 3 nitrogen and oxygen atoms in total. The molecule has 0 spiro atoms. The van der Waals surface area contributed by atoms with E-state index in [-0.39, 0.29) is 5.91 Å². The number of nitrogens with one attached hydrogen (secondary N) is 1. The highest BCUT2D eigenvalue weighted by Gasteiger charge is 2.09. The summed E-state index contributed by atoms with van der Waals surface area (Å²) in [7, 11) is 0. The number of anilines is 1. The summed E-state index contributed by atoms with van der Waals surface area (Å²) >= 11 is 11.8. The highest BCUT2D eigenvalue weighted by atomic mass is 35.5. The normalized spacial score (nSPS) is 10.6. The van der Waals surface area contributed by atoms with Crippen molar-refractivity contribution in [3.05, 3.63) is 58.1 Å². The average Bonchev–Trinajstić information content (AvgIpc) is 2.44. The third-order valence-electron chi connectivity index (χ3n) is 2.80. The Morgan fingerprint density at radius 1 is 1.14 bits per heavy atom. The molecule has 22 heavy (non-hydrogen) atoms. The maximum Gasteiger partial charge on any atom is 0.255 e. The molecule has 0 atom stereocenters. The molecule has 0 aliphatic carbocycles. The van der Waals surface area contributed by atoms with Crippen LogP contribution in [0.15, 0.2) is 42.5 Å². The van der Waals surface area contributed by atoms with Crippen LogP contribution in [0.4, 0.5) is 5.69 Å². The number of rotatable bonds is 5. The summed E-state index contributed by atoms with van der Waals surface area (Å²) in [6.45, 7) is 4.74. The second-order valence-corrected chi connectivity index (χ2v) is 6.22. The summed E-state index contributed by atoms with van der Waals surface area (Å²) in [4.78, 5) is 12.3. The van der Waals surface area contributed by atoms with Crippen molar-refractivity contribution in [3.8, 4) is 5.75 Å². The molecule has 0 bridgehead atoms. The average molecular weight is 338 g/mol. The number of benzene rings is 2. The van der Waals surface area contributed by atoms with Gasteiger partial charge in [-0.2, -0.15) is 0 Å². The van der Waals surface area contributed by atoms with Crippen LogP contribution < -0.4 is 10.1 Å². The van der Waals surface area contributed by atoms with Crippen molar-refractivity contribution in [2.45, 2.75) is 13.8 Å². The fourth-order valence-corrected chi connectivity index (χ4v) is 2.35. The van der Waals surface area contributed by atoms with Crippen LogP contribution in [-0.4, -0.2) is 12.5 Å². The molecule has 0 aromatic heterocycles. The van der Waals surface area contributed by atoms with Gasteiger partial charge in [0.1, 0.15) is 5.75 Å². The zero-order valence-electron chi connectivity index (χ0n) is 12.4. The topological polar surface area (TPSA) is 38.3 Å². The molecular weight excluding hydrogens is 321 g/mol. The second kappa shape index (κ2) is 7.52. The van der Waals surface area contributed by atoms with Crippen molar-refractivity contribution in [1.82, 2.24) is 0 Å². The molecule has 0 fully saturated rings. The van der Waals surface area contributed by atoms with Gasteiger partial charge in [-0.1, -0.05) is 43.1 Å². The number of carbonyl (C=O) groups excluding carboxylic acids is 1. The Morgan fingerprint density at radius 3 is 2.45 bits per heavy atom. The van der Waals surface area contributed by atoms with Gasteiger partial charge in [0, 0.05) is 21.3 Å². The minimum Gasteiger partial charge on any atom is -0.493 e. The van der Waals surface area contributed by atoms with Crippen LogP contribution in [0.25, 0.3) is 0 Å². The fourth-order valence-electron chi connectivity index (χ4n) is 1.82. The van der Waals surface area contributed by atoms with Gasteiger partial charge in [0.15, 0.2) is 0 Å². The minimum absolute atomic E-state index is 0.242. The van der Waals surface area contributed by atoms with Crippen LogP contribution in [-0.2, 0) is 0 Å². The van der Waals surface area contributed by atoms with Crippen LogP contribution >= 0.6 is 23.2 Å². The monoisotopic (exact) mass is 337 g/mol. The SMILES string of the molecule is CC(C)COc1cccc(C(=O)Nc2cc(Cl)cc(Cl)c2)c1. The van der Waals surface area contributed by atoms with Gasteiger partial charge >= 0.3 is 0 Å². The van der Waals surface area contributed by atoms with Crippen LogP contribution in [0, 0.1) is 5.92 Å². The summed E-state index contributed by atoms with van der Waals surface area (Å²) in [6, 6.07) is 12.0. The molecule has 0 heterocycles. The molecule has 2 aromatic rings. The number of ether oxygens (including phenoxy) is 1.